The molecule has 2 rings (SSSR count). The zero-order chi connectivity index (χ0) is 14.6. The second-order valence-electron chi connectivity index (χ2n) is 4.77. The lowest BCUT2D eigenvalue weighted by molar-refractivity contribution is 0.358. The summed E-state index contributed by atoms with van der Waals surface area (Å²) in [5, 5.41) is 3.23. The first-order chi connectivity index (χ1) is 9.55. The minimum absolute atomic E-state index is 0.168. The number of ether oxygens (including phenoxy) is 2. The summed E-state index contributed by atoms with van der Waals surface area (Å²) < 4.78 is 33.1. The molecule has 0 saturated carbocycles. The number of sulfone groups is 1. The van der Waals surface area contributed by atoms with Gasteiger partial charge in [-0.05, 0) is 18.9 Å². The van der Waals surface area contributed by atoms with Crippen LogP contribution in [0.1, 0.15) is 12.0 Å². The van der Waals surface area contributed by atoms with E-state index in [-0.39, 0.29) is 11.7 Å². The Morgan fingerprint density at radius 3 is 2.45 bits per heavy atom. The molecule has 0 amide bonds. The highest BCUT2D eigenvalue weighted by molar-refractivity contribution is 7.91. The lowest BCUT2D eigenvalue weighted by Gasteiger charge is -2.13. The van der Waals surface area contributed by atoms with Gasteiger partial charge in [-0.25, -0.2) is 18.4 Å². The van der Waals surface area contributed by atoms with Gasteiger partial charge in [-0.15, -0.1) is 0 Å². The maximum Gasteiger partial charge on any atom is 0.224 e. The summed E-state index contributed by atoms with van der Waals surface area (Å²) in [6, 6.07) is 0. The Labute approximate surface area is 118 Å². The van der Waals surface area contributed by atoms with Crippen molar-refractivity contribution in [1.82, 2.24) is 15.3 Å². The molecule has 1 aliphatic heterocycles. The van der Waals surface area contributed by atoms with E-state index in [0.717, 1.165) is 12.0 Å². The molecular weight excluding hydrogens is 282 g/mol. The number of rotatable bonds is 6. The van der Waals surface area contributed by atoms with Gasteiger partial charge in [0.2, 0.25) is 11.8 Å². The third kappa shape index (κ3) is 3.57. The van der Waals surface area contributed by atoms with E-state index in [1.807, 2.05) is 0 Å². The summed E-state index contributed by atoms with van der Waals surface area (Å²) >= 11 is 0. The molecule has 1 atom stereocenters. The Morgan fingerprint density at radius 2 is 1.95 bits per heavy atom. The molecule has 112 valence electrons. The van der Waals surface area contributed by atoms with Gasteiger partial charge in [0.1, 0.15) is 6.33 Å². The van der Waals surface area contributed by atoms with Crippen molar-refractivity contribution in [2.24, 2.45) is 5.92 Å². The number of methoxy groups -OCH3 is 2. The molecule has 8 heteroatoms. The van der Waals surface area contributed by atoms with E-state index in [1.165, 1.54) is 20.5 Å². The molecule has 1 aromatic heterocycles. The van der Waals surface area contributed by atoms with Crippen LogP contribution < -0.4 is 14.8 Å². The van der Waals surface area contributed by atoms with E-state index in [2.05, 4.69) is 15.3 Å². The maximum absolute atomic E-state index is 11.4. The van der Waals surface area contributed by atoms with Crippen LogP contribution in [0.3, 0.4) is 0 Å². The minimum atomic E-state index is -2.83. The zero-order valence-corrected chi connectivity index (χ0v) is 12.4. The van der Waals surface area contributed by atoms with Gasteiger partial charge in [0.25, 0.3) is 0 Å². The van der Waals surface area contributed by atoms with Crippen LogP contribution in [0, 0.1) is 5.92 Å². The summed E-state index contributed by atoms with van der Waals surface area (Å²) in [6.07, 6.45) is 2.10. The van der Waals surface area contributed by atoms with Crippen molar-refractivity contribution in [3.63, 3.8) is 0 Å². The third-order valence-electron chi connectivity index (χ3n) is 3.31. The van der Waals surface area contributed by atoms with Crippen molar-refractivity contribution < 1.29 is 17.9 Å². The van der Waals surface area contributed by atoms with Crippen molar-refractivity contribution in [3.05, 3.63) is 11.9 Å². The highest BCUT2D eigenvalue weighted by Crippen LogP contribution is 2.23. The smallest absolute Gasteiger partial charge is 0.224 e. The monoisotopic (exact) mass is 301 g/mol. The Morgan fingerprint density at radius 1 is 1.30 bits per heavy atom. The van der Waals surface area contributed by atoms with E-state index in [1.54, 1.807) is 0 Å². The Balaban J connectivity index is 1.94. The van der Waals surface area contributed by atoms with Gasteiger partial charge in [0.15, 0.2) is 9.84 Å². The molecule has 20 heavy (non-hydrogen) atoms. The van der Waals surface area contributed by atoms with Crippen molar-refractivity contribution >= 4 is 9.84 Å². The molecule has 1 N–H and O–H groups in total. The van der Waals surface area contributed by atoms with E-state index in [0.29, 0.717) is 30.6 Å². The van der Waals surface area contributed by atoms with Crippen LogP contribution in [0.5, 0.6) is 11.8 Å². The molecule has 0 aliphatic carbocycles. The molecule has 0 aromatic carbocycles. The molecule has 1 fully saturated rings. The molecule has 1 aliphatic rings. The summed E-state index contributed by atoms with van der Waals surface area (Å²) in [7, 11) is 0.243. The minimum Gasteiger partial charge on any atom is -0.481 e. The molecule has 0 spiro atoms. The van der Waals surface area contributed by atoms with Crippen molar-refractivity contribution in [1.29, 1.82) is 0 Å². The Kier molecular flexibility index (Phi) is 4.77. The number of nitrogens with one attached hydrogen (secondary N) is 1. The molecule has 2 heterocycles. The zero-order valence-electron chi connectivity index (χ0n) is 11.6. The number of hydrogen-bond donors (Lipinski definition) is 1. The van der Waals surface area contributed by atoms with Gasteiger partial charge < -0.3 is 14.8 Å². The van der Waals surface area contributed by atoms with Gasteiger partial charge in [0, 0.05) is 6.54 Å². The van der Waals surface area contributed by atoms with E-state index < -0.39 is 9.84 Å². The molecule has 7 nitrogen and oxygen atoms in total. The van der Waals surface area contributed by atoms with Crippen LogP contribution in [0.4, 0.5) is 0 Å². The fraction of sp³-hybridized carbons (Fsp3) is 0.667. The normalized spacial score (nSPS) is 20.8. The average Bonchev–Trinajstić information content (AvgIpc) is 2.78. The van der Waals surface area contributed by atoms with Crippen LogP contribution >= 0.6 is 0 Å². The van der Waals surface area contributed by atoms with Crippen molar-refractivity contribution in [3.8, 4) is 11.8 Å². The van der Waals surface area contributed by atoms with Gasteiger partial charge in [0.05, 0.1) is 31.3 Å². The van der Waals surface area contributed by atoms with E-state index in [4.69, 9.17) is 9.47 Å². The second kappa shape index (κ2) is 6.36. The molecule has 0 bridgehead atoms. The highest BCUT2D eigenvalue weighted by atomic mass is 32.2. The maximum atomic E-state index is 11.4. The Hall–Kier alpha value is -1.41. The van der Waals surface area contributed by atoms with Gasteiger partial charge >= 0.3 is 0 Å². The molecule has 0 radical (unpaired) electrons. The highest BCUT2D eigenvalue weighted by Gasteiger charge is 2.27. The quantitative estimate of drug-likeness (QED) is 0.792. The topological polar surface area (TPSA) is 90.4 Å². The van der Waals surface area contributed by atoms with Crippen molar-refractivity contribution in [2.45, 2.75) is 13.0 Å². The van der Waals surface area contributed by atoms with Crippen LogP contribution in [0.15, 0.2) is 6.33 Å². The average molecular weight is 301 g/mol. The second-order valence-corrected chi connectivity index (χ2v) is 7.00. The van der Waals surface area contributed by atoms with E-state index in [9.17, 15) is 8.42 Å². The summed E-state index contributed by atoms with van der Waals surface area (Å²) in [6.45, 7) is 1.12. The first-order valence-electron chi connectivity index (χ1n) is 6.38. The molecule has 1 saturated heterocycles. The van der Waals surface area contributed by atoms with Crippen LogP contribution in [-0.2, 0) is 16.4 Å². The predicted octanol–water partition coefficient (Wildman–Crippen LogP) is 0.0181. The molecule has 1 aromatic rings. The van der Waals surface area contributed by atoms with E-state index >= 15 is 0 Å². The van der Waals surface area contributed by atoms with Gasteiger partial charge in [-0.1, -0.05) is 0 Å². The summed E-state index contributed by atoms with van der Waals surface area (Å²) in [5.41, 5.74) is 0.735. The first kappa shape index (κ1) is 15.0. The lowest BCUT2D eigenvalue weighted by Crippen LogP contribution is -2.24. The largest absolute Gasteiger partial charge is 0.481 e. The standard InChI is InChI=1S/C12H19N3O4S/c1-18-11-10(12(19-2)15-8-14-11)6-13-5-9-3-4-20(16,17)7-9/h8-9,13H,3-7H2,1-2H3. The number of hydrogen-bond acceptors (Lipinski definition) is 7. The van der Waals surface area contributed by atoms with Crippen LogP contribution in [-0.4, -0.2) is 50.7 Å². The molecular formula is C12H19N3O4S. The van der Waals surface area contributed by atoms with Crippen LogP contribution in [0.25, 0.3) is 0 Å². The van der Waals surface area contributed by atoms with Gasteiger partial charge in [-0.2, -0.15) is 0 Å². The molecule has 1 unspecified atom stereocenters. The lowest BCUT2D eigenvalue weighted by atomic mass is 10.1. The fourth-order valence-corrected chi connectivity index (χ4v) is 4.18. The number of nitrogens with zero attached hydrogens (tertiary/aromatic N) is 2. The first-order valence-corrected chi connectivity index (χ1v) is 8.21. The Bertz CT molecular complexity index is 540. The third-order valence-corrected chi connectivity index (χ3v) is 5.15. The van der Waals surface area contributed by atoms with Crippen LogP contribution in [0.2, 0.25) is 0 Å². The van der Waals surface area contributed by atoms with Crippen molar-refractivity contribution in [2.75, 3.05) is 32.3 Å². The van der Waals surface area contributed by atoms with Gasteiger partial charge in [-0.3, -0.25) is 0 Å². The summed E-state index contributed by atoms with van der Waals surface area (Å²) in [4.78, 5) is 8.06. The number of aromatic nitrogens is 2. The summed E-state index contributed by atoms with van der Waals surface area (Å²) in [5.74, 6) is 1.65. The fourth-order valence-electron chi connectivity index (χ4n) is 2.32. The predicted molar refractivity (Wildman–Crippen MR) is 73.6 cm³/mol. The SMILES string of the molecule is COc1ncnc(OC)c1CNCC1CCS(=O)(=O)C1.